The highest BCUT2D eigenvalue weighted by molar-refractivity contribution is 5.86. The van der Waals surface area contributed by atoms with E-state index in [1.54, 1.807) is 0 Å². The van der Waals surface area contributed by atoms with E-state index in [-0.39, 0.29) is 5.91 Å². The largest absolute Gasteiger partial charge is 0.353 e. The van der Waals surface area contributed by atoms with E-state index in [1.807, 2.05) is 0 Å². The Morgan fingerprint density at radius 1 is 0.808 bits per heavy atom. The fraction of sp³-hybridized carbons (Fsp3) is 0.875. The Balaban J connectivity index is 1.50. The number of hydrogen-bond donors (Lipinski definition) is 1. The summed E-state index contributed by atoms with van der Waals surface area (Å²) in [5.41, 5.74) is 0. The van der Waals surface area contributed by atoms with Crippen LogP contribution in [0.25, 0.3) is 0 Å². The van der Waals surface area contributed by atoms with Crippen molar-refractivity contribution < 1.29 is 4.79 Å². The number of amides is 1. The fourth-order valence-corrected chi connectivity index (χ4v) is 5.24. The Bertz CT molecular complexity index is 389. The Morgan fingerprint density at radius 3 is 1.73 bits per heavy atom. The van der Waals surface area contributed by atoms with Gasteiger partial charge in [0.2, 0.25) is 5.91 Å². The smallest absolute Gasteiger partial charge is 0.243 e. The van der Waals surface area contributed by atoms with Gasteiger partial charge in [0.05, 0.1) is 0 Å². The molecule has 0 bridgehead atoms. The molecule has 0 heterocycles. The van der Waals surface area contributed by atoms with Gasteiger partial charge < -0.3 is 5.32 Å². The van der Waals surface area contributed by atoms with Crippen LogP contribution in [0, 0.1) is 23.7 Å². The molecule has 0 atom stereocenters. The molecule has 2 aliphatic rings. The van der Waals surface area contributed by atoms with Gasteiger partial charge in [-0.2, -0.15) is 0 Å². The zero-order valence-electron chi connectivity index (χ0n) is 17.3. The third-order valence-corrected chi connectivity index (χ3v) is 7.17. The third kappa shape index (κ3) is 8.27. The second-order valence-corrected chi connectivity index (χ2v) is 9.13. The highest BCUT2D eigenvalue weighted by Gasteiger charge is 2.24. The molecule has 0 aromatic carbocycles. The van der Waals surface area contributed by atoms with Crippen LogP contribution in [0.3, 0.4) is 0 Å². The summed E-state index contributed by atoms with van der Waals surface area (Å²) in [5.74, 6) is 3.86. The van der Waals surface area contributed by atoms with Gasteiger partial charge in [-0.05, 0) is 36.2 Å². The second kappa shape index (κ2) is 12.6. The summed E-state index contributed by atoms with van der Waals surface area (Å²) in [6.45, 7) is 6.64. The maximum absolute atomic E-state index is 11.2. The Kier molecular flexibility index (Phi) is 10.4. The van der Waals surface area contributed by atoms with Gasteiger partial charge in [-0.25, -0.2) is 0 Å². The van der Waals surface area contributed by atoms with Crippen LogP contribution in [0.4, 0.5) is 0 Å². The molecule has 2 heteroatoms. The van der Waals surface area contributed by atoms with Crippen molar-refractivity contribution >= 4 is 5.91 Å². The lowest BCUT2D eigenvalue weighted by atomic mass is 9.74. The van der Waals surface area contributed by atoms with Gasteiger partial charge in [-0.15, -0.1) is 0 Å². The average molecular weight is 362 g/mol. The Morgan fingerprint density at radius 2 is 1.27 bits per heavy atom. The van der Waals surface area contributed by atoms with Crippen molar-refractivity contribution in [1.82, 2.24) is 5.32 Å². The van der Waals surface area contributed by atoms with Crippen molar-refractivity contribution in [3.05, 3.63) is 12.7 Å². The van der Waals surface area contributed by atoms with Crippen molar-refractivity contribution in [2.45, 2.75) is 103 Å². The van der Waals surface area contributed by atoms with Gasteiger partial charge in [0.25, 0.3) is 0 Å². The Hall–Kier alpha value is -0.790. The zero-order chi connectivity index (χ0) is 18.6. The van der Waals surface area contributed by atoms with Crippen LogP contribution in [0.2, 0.25) is 0 Å². The molecule has 2 saturated carbocycles. The van der Waals surface area contributed by atoms with E-state index in [0.29, 0.717) is 0 Å². The predicted octanol–water partition coefficient (Wildman–Crippen LogP) is 6.65. The first-order chi connectivity index (χ1) is 12.7. The van der Waals surface area contributed by atoms with Gasteiger partial charge >= 0.3 is 0 Å². The molecule has 1 N–H and O–H groups in total. The molecule has 150 valence electrons. The number of carbonyl (C=O) groups excluding carboxylic acids is 1. The molecule has 1 amide bonds. The molecule has 0 spiro atoms. The molecule has 2 rings (SSSR count). The number of hydrogen-bond acceptors (Lipinski definition) is 1. The normalized spacial score (nSPS) is 29.3. The SMILES string of the molecule is C=CC(=O)NCCC1CCC(CCC2CCC(CCCCC)CC2)CC1. The van der Waals surface area contributed by atoms with Crippen molar-refractivity contribution in [3.8, 4) is 0 Å². The van der Waals surface area contributed by atoms with E-state index < -0.39 is 0 Å². The number of unbranched alkanes of at least 4 members (excludes halogenated alkanes) is 2. The summed E-state index contributed by atoms with van der Waals surface area (Å²) in [5, 5.41) is 2.92. The lowest BCUT2D eigenvalue weighted by molar-refractivity contribution is -0.116. The van der Waals surface area contributed by atoms with Crippen molar-refractivity contribution in [2.75, 3.05) is 6.54 Å². The van der Waals surface area contributed by atoms with Crippen LogP contribution in [0.15, 0.2) is 12.7 Å². The Labute approximate surface area is 162 Å². The lowest BCUT2D eigenvalue weighted by Gasteiger charge is -2.32. The summed E-state index contributed by atoms with van der Waals surface area (Å²) in [6, 6.07) is 0. The summed E-state index contributed by atoms with van der Waals surface area (Å²) < 4.78 is 0. The maximum atomic E-state index is 11.2. The number of carbonyl (C=O) groups is 1. The van der Waals surface area contributed by atoms with Gasteiger partial charge in [0.15, 0.2) is 0 Å². The van der Waals surface area contributed by atoms with E-state index in [0.717, 1.165) is 36.6 Å². The van der Waals surface area contributed by atoms with Gasteiger partial charge in [0, 0.05) is 6.54 Å². The molecule has 0 radical (unpaired) electrons. The minimum Gasteiger partial charge on any atom is -0.353 e. The monoisotopic (exact) mass is 361 g/mol. The summed E-state index contributed by atoms with van der Waals surface area (Å²) in [6.07, 6.45) is 22.9. The van der Waals surface area contributed by atoms with Gasteiger partial charge in [-0.3, -0.25) is 4.79 Å². The van der Waals surface area contributed by atoms with Crippen LogP contribution in [0.5, 0.6) is 0 Å². The quantitative estimate of drug-likeness (QED) is 0.324. The highest BCUT2D eigenvalue weighted by atomic mass is 16.1. The maximum Gasteiger partial charge on any atom is 0.243 e. The molecule has 0 aromatic heterocycles. The van der Waals surface area contributed by atoms with Crippen molar-refractivity contribution in [1.29, 1.82) is 0 Å². The van der Waals surface area contributed by atoms with Crippen molar-refractivity contribution in [3.63, 3.8) is 0 Å². The third-order valence-electron chi connectivity index (χ3n) is 7.17. The van der Waals surface area contributed by atoms with E-state index in [9.17, 15) is 4.79 Å². The van der Waals surface area contributed by atoms with Crippen LogP contribution in [0.1, 0.15) is 103 Å². The molecule has 2 aliphatic carbocycles. The lowest BCUT2D eigenvalue weighted by Crippen LogP contribution is -2.25. The molecule has 0 aliphatic heterocycles. The molecule has 0 aromatic rings. The standard InChI is InChI=1S/C24H43NO/c1-3-5-6-7-20-8-10-21(11-9-20)12-13-22-14-16-23(17-15-22)18-19-25-24(26)4-2/h4,20-23H,2-3,5-19H2,1H3,(H,25,26). The highest BCUT2D eigenvalue weighted by Crippen LogP contribution is 2.38. The molecular formula is C24H43NO. The first kappa shape index (κ1) is 21.5. The fourth-order valence-electron chi connectivity index (χ4n) is 5.24. The number of nitrogens with one attached hydrogen (secondary N) is 1. The van der Waals surface area contributed by atoms with Gasteiger partial charge in [-0.1, -0.05) is 103 Å². The molecule has 2 nitrogen and oxygen atoms in total. The molecular weight excluding hydrogens is 318 g/mol. The van der Waals surface area contributed by atoms with Crippen LogP contribution in [-0.2, 0) is 4.79 Å². The second-order valence-electron chi connectivity index (χ2n) is 9.13. The van der Waals surface area contributed by atoms with Crippen molar-refractivity contribution in [2.24, 2.45) is 23.7 Å². The minimum absolute atomic E-state index is 0.0289. The van der Waals surface area contributed by atoms with E-state index >= 15 is 0 Å². The average Bonchev–Trinajstić information content (AvgIpc) is 2.68. The van der Waals surface area contributed by atoms with Crippen LogP contribution in [-0.4, -0.2) is 12.5 Å². The van der Waals surface area contributed by atoms with Gasteiger partial charge in [0.1, 0.15) is 0 Å². The first-order valence-electron chi connectivity index (χ1n) is 11.6. The zero-order valence-corrected chi connectivity index (χ0v) is 17.3. The number of rotatable bonds is 11. The van der Waals surface area contributed by atoms with Crippen LogP contribution >= 0.6 is 0 Å². The molecule has 0 unspecified atom stereocenters. The van der Waals surface area contributed by atoms with E-state index in [2.05, 4.69) is 18.8 Å². The molecule has 2 fully saturated rings. The van der Waals surface area contributed by atoms with E-state index in [4.69, 9.17) is 0 Å². The first-order valence-corrected chi connectivity index (χ1v) is 11.6. The topological polar surface area (TPSA) is 29.1 Å². The summed E-state index contributed by atoms with van der Waals surface area (Å²) >= 11 is 0. The molecule has 0 saturated heterocycles. The summed E-state index contributed by atoms with van der Waals surface area (Å²) in [4.78, 5) is 11.2. The van der Waals surface area contributed by atoms with E-state index in [1.165, 1.54) is 96.0 Å². The predicted molar refractivity (Wildman–Crippen MR) is 112 cm³/mol. The van der Waals surface area contributed by atoms with Crippen LogP contribution < -0.4 is 5.32 Å². The minimum atomic E-state index is -0.0289. The molecule has 26 heavy (non-hydrogen) atoms. The summed E-state index contributed by atoms with van der Waals surface area (Å²) in [7, 11) is 0.